The third-order valence-electron chi connectivity index (χ3n) is 5.24. The third kappa shape index (κ3) is 2.32. The summed E-state index contributed by atoms with van der Waals surface area (Å²) in [5, 5.41) is 40.5. The molecule has 0 bridgehead atoms. The van der Waals surface area contributed by atoms with Crippen LogP contribution < -0.4 is 5.73 Å². The number of nitriles is 3. The first-order chi connectivity index (χ1) is 12.5. The normalized spacial score (nSPS) is 23.7. The number of hydrogen-bond donors (Lipinski definition) is 1. The van der Waals surface area contributed by atoms with Gasteiger partial charge in [0.1, 0.15) is 6.07 Å². The van der Waals surface area contributed by atoms with Crippen molar-refractivity contribution in [3.63, 3.8) is 0 Å². The molecule has 0 spiro atoms. The Hall–Kier alpha value is -3.63. The lowest BCUT2D eigenvalue weighted by atomic mass is 9.57. The van der Waals surface area contributed by atoms with Crippen molar-refractivity contribution in [3.8, 4) is 18.2 Å². The Labute approximate surface area is 150 Å². The summed E-state index contributed by atoms with van der Waals surface area (Å²) in [5.74, 6) is -0.923. The molecule has 26 heavy (non-hydrogen) atoms. The Morgan fingerprint density at radius 1 is 1.27 bits per heavy atom. The van der Waals surface area contributed by atoms with E-state index in [-0.39, 0.29) is 22.9 Å². The summed E-state index contributed by atoms with van der Waals surface area (Å²) in [6, 6.07) is 12.1. The van der Waals surface area contributed by atoms with Gasteiger partial charge >= 0.3 is 0 Å². The lowest BCUT2D eigenvalue weighted by Crippen LogP contribution is -2.42. The average molecular weight is 345 g/mol. The van der Waals surface area contributed by atoms with Crippen LogP contribution in [0.1, 0.15) is 30.7 Å². The van der Waals surface area contributed by atoms with Gasteiger partial charge in [-0.05, 0) is 36.3 Å². The van der Waals surface area contributed by atoms with E-state index in [0.717, 1.165) is 18.4 Å². The summed E-state index contributed by atoms with van der Waals surface area (Å²) < 4.78 is 0. The van der Waals surface area contributed by atoms with Gasteiger partial charge in [0.25, 0.3) is 5.69 Å². The molecule has 1 aromatic rings. The van der Waals surface area contributed by atoms with Crippen molar-refractivity contribution >= 4 is 5.69 Å². The van der Waals surface area contributed by atoms with E-state index in [1.54, 1.807) is 12.1 Å². The lowest BCUT2D eigenvalue weighted by molar-refractivity contribution is -0.384. The van der Waals surface area contributed by atoms with E-state index in [1.165, 1.54) is 12.1 Å². The average Bonchev–Trinajstić information content (AvgIpc) is 2.67. The largest absolute Gasteiger partial charge is 0.399 e. The third-order valence-corrected chi connectivity index (χ3v) is 5.24. The number of nitrogens with two attached hydrogens (primary N) is 1. The first-order valence-electron chi connectivity index (χ1n) is 8.17. The molecule has 0 radical (unpaired) electrons. The Balaban J connectivity index is 2.32. The van der Waals surface area contributed by atoms with Crippen LogP contribution in [0.25, 0.3) is 0 Å². The predicted octanol–water partition coefficient (Wildman–Crippen LogP) is 3.19. The molecule has 3 rings (SSSR count). The number of nitro benzene ring substituents is 1. The summed E-state index contributed by atoms with van der Waals surface area (Å²) in [6.45, 7) is 0. The summed E-state index contributed by atoms with van der Waals surface area (Å²) in [6.07, 6.45) is 4.26. The molecule has 7 heteroatoms. The minimum atomic E-state index is -1.74. The highest BCUT2D eigenvalue weighted by Crippen LogP contribution is 2.55. The van der Waals surface area contributed by atoms with Gasteiger partial charge in [0.15, 0.2) is 5.41 Å². The lowest BCUT2D eigenvalue weighted by Gasteiger charge is -2.43. The number of fused-ring (bicyclic) bond motifs is 1. The molecule has 7 nitrogen and oxygen atoms in total. The van der Waals surface area contributed by atoms with E-state index >= 15 is 0 Å². The molecular weight excluding hydrogens is 330 g/mol. The standard InChI is InChI=1S/C19H15N5O2/c20-9-16-14-6-1-2-7-15(14)17(19(10-21,11-22)18(16)23)12-4-3-5-13(8-12)24(25)26/h3-6,8,15,17H,1-2,7,23H2/t15-,17+/m0/s1. The summed E-state index contributed by atoms with van der Waals surface area (Å²) in [5.41, 5.74) is 5.70. The molecule has 2 atom stereocenters. The van der Waals surface area contributed by atoms with Gasteiger partial charge in [-0.2, -0.15) is 15.8 Å². The first-order valence-corrected chi connectivity index (χ1v) is 8.17. The SMILES string of the molecule is N#CC1=C(N)C(C#N)(C#N)[C@H](c2cccc([N+](=O)[O-])c2)[C@H]2CCCC=C12. The molecule has 2 aliphatic carbocycles. The van der Waals surface area contributed by atoms with Crippen molar-refractivity contribution in [1.29, 1.82) is 15.8 Å². The minimum Gasteiger partial charge on any atom is -0.399 e. The van der Waals surface area contributed by atoms with Crippen molar-refractivity contribution in [1.82, 2.24) is 0 Å². The van der Waals surface area contributed by atoms with Crippen LogP contribution in [-0.2, 0) is 0 Å². The first kappa shape index (κ1) is 17.2. The Morgan fingerprint density at radius 3 is 2.62 bits per heavy atom. The Bertz CT molecular complexity index is 957. The van der Waals surface area contributed by atoms with Gasteiger partial charge in [0, 0.05) is 18.1 Å². The van der Waals surface area contributed by atoms with E-state index < -0.39 is 16.3 Å². The molecule has 2 N–H and O–H groups in total. The number of allylic oxidation sites excluding steroid dienone is 4. The van der Waals surface area contributed by atoms with Crippen LogP contribution in [0.2, 0.25) is 0 Å². The Morgan fingerprint density at radius 2 is 2.00 bits per heavy atom. The molecule has 128 valence electrons. The number of nitro groups is 1. The van der Waals surface area contributed by atoms with Gasteiger partial charge < -0.3 is 5.73 Å². The molecule has 0 aliphatic heterocycles. The van der Waals surface area contributed by atoms with Crippen LogP contribution in [0, 0.1) is 55.4 Å². The zero-order chi connectivity index (χ0) is 18.9. The van der Waals surface area contributed by atoms with Crippen LogP contribution in [0.3, 0.4) is 0 Å². The van der Waals surface area contributed by atoms with Gasteiger partial charge in [-0.25, -0.2) is 0 Å². The Kier molecular flexibility index (Phi) is 4.20. The van der Waals surface area contributed by atoms with E-state index in [2.05, 4.69) is 6.07 Å². The number of rotatable bonds is 2. The fourth-order valence-corrected chi connectivity index (χ4v) is 4.08. The summed E-state index contributed by atoms with van der Waals surface area (Å²) >= 11 is 0. The molecular formula is C19H15N5O2. The van der Waals surface area contributed by atoms with E-state index in [4.69, 9.17) is 5.73 Å². The zero-order valence-corrected chi connectivity index (χ0v) is 13.8. The highest BCUT2D eigenvalue weighted by atomic mass is 16.6. The van der Waals surface area contributed by atoms with Crippen LogP contribution in [0.4, 0.5) is 5.69 Å². The molecule has 0 saturated heterocycles. The molecule has 0 heterocycles. The number of non-ortho nitro benzene ring substituents is 1. The van der Waals surface area contributed by atoms with Crippen LogP contribution in [0.15, 0.2) is 47.2 Å². The van der Waals surface area contributed by atoms with Crippen LogP contribution >= 0.6 is 0 Å². The van der Waals surface area contributed by atoms with Crippen molar-refractivity contribution in [2.24, 2.45) is 17.1 Å². The van der Waals surface area contributed by atoms with E-state index in [1.807, 2.05) is 18.2 Å². The van der Waals surface area contributed by atoms with Crippen LogP contribution in [0.5, 0.6) is 0 Å². The monoisotopic (exact) mass is 345 g/mol. The van der Waals surface area contributed by atoms with Crippen molar-refractivity contribution in [2.75, 3.05) is 0 Å². The highest BCUT2D eigenvalue weighted by Gasteiger charge is 2.53. The second kappa shape index (κ2) is 6.35. The summed E-state index contributed by atoms with van der Waals surface area (Å²) in [7, 11) is 0. The van der Waals surface area contributed by atoms with Crippen molar-refractivity contribution < 1.29 is 4.92 Å². The van der Waals surface area contributed by atoms with Crippen LogP contribution in [-0.4, -0.2) is 4.92 Å². The van der Waals surface area contributed by atoms with E-state index in [9.17, 15) is 25.9 Å². The molecule has 1 aromatic carbocycles. The maximum absolute atomic E-state index is 11.2. The highest BCUT2D eigenvalue weighted by molar-refractivity contribution is 5.59. The second-order valence-electron chi connectivity index (χ2n) is 6.46. The van der Waals surface area contributed by atoms with E-state index in [0.29, 0.717) is 12.0 Å². The number of hydrogen-bond acceptors (Lipinski definition) is 6. The van der Waals surface area contributed by atoms with Gasteiger partial charge in [-0.3, -0.25) is 10.1 Å². The van der Waals surface area contributed by atoms with Gasteiger partial charge in [0.2, 0.25) is 0 Å². The molecule has 0 saturated carbocycles. The number of nitrogens with zero attached hydrogens (tertiary/aromatic N) is 4. The topological polar surface area (TPSA) is 141 Å². The second-order valence-corrected chi connectivity index (χ2v) is 6.46. The maximum Gasteiger partial charge on any atom is 0.269 e. The molecule has 0 unspecified atom stereocenters. The fraction of sp³-hybridized carbons (Fsp3) is 0.316. The minimum absolute atomic E-state index is 0.0640. The molecule has 0 amide bonds. The van der Waals surface area contributed by atoms with Gasteiger partial charge in [-0.15, -0.1) is 0 Å². The predicted molar refractivity (Wildman–Crippen MR) is 91.7 cm³/mol. The smallest absolute Gasteiger partial charge is 0.269 e. The molecule has 0 aromatic heterocycles. The molecule has 0 fully saturated rings. The number of benzene rings is 1. The van der Waals surface area contributed by atoms with Crippen molar-refractivity contribution in [3.05, 3.63) is 62.9 Å². The summed E-state index contributed by atoms with van der Waals surface area (Å²) in [4.78, 5) is 10.7. The van der Waals surface area contributed by atoms with Crippen molar-refractivity contribution in [2.45, 2.75) is 25.2 Å². The van der Waals surface area contributed by atoms with Gasteiger partial charge in [0.05, 0.1) is 28.3 Å². The molecule has 2 aliphatic rings. The zero-order valence-electron chi connectivity index (χ0n) is 13.8. The van der Waals surface area contributed by atoms with Gasteiger partial charge in [-0.1, -0.05) is 18.2 Å². The quantitative estimate of drug-likeness (QED) is 0.644. The fourth-order valence-electron chi connectivity index (χ4n) is 4.08. The maximum atomic E-state index is 11.2.